The van der Waals surface area contributed by atoms with Crippen molar-refractivity contribution in [1.29, 1.82) is 0 Å². The Kier molecular flexibility index (Phi) is 2.52. The molecule has 0 aromatic carbocycles. The van der Waals surface area contributed by atoms with Crippen molar-refractivity contribution in [3.05, 3.63) is 22.9 Å². The molecule has 72 valence electrons. The molecular formula is C10H16N2O. The number of imidazole rings is 1. The van der Waals surface area contributed by atoms with Gasteiger partial charge in [-0.2, -0.15) is 0 Å². The monoisotopic (exact) mass is 180 g/mol. The highest BCUT2D eigenvalue weighted by molar-refractivity contribution is 4.76. The summed E-state index contributed by atoms with van der Waals surface area (Å²) in [5.74, 6) is 0.863. The van der Waals surface area contributed by atoms with Crippen molar-refractivity contribution in [2.75, 3.05) is 0 Å². The molecule has 13 heavy (non-hydrogen) atoms. The number of H-pyrrole nitrogens is 1. The maximum absolute atomic E-state index is 11.1. The molecule has 1 aliphatic rings. The van der Waals surface area contributed by atoms with E-state index in [1.54, 1.807) is 10.8 Å². The van der Waals surface area contributed by atoms with E-state index in [4.69, 9.17) is 0 Å². The summed E-state index contributed by atoms with van der Waals surface area (Å²) < 4.78 is 1.76. The van der Waals surface area contributed by atoms with Crippen molar-refractivity contribution in [2.24, 2.45) is 5.92 Å². The quantitative estimate of drug-likeness (QED) is 0.756. The van der Waals surface area contributed by atoms with E-state index in [1.165, 1.54) is 25.7 Å². The van der Waals surface area contributed by atoms with Crippen molar-refractivity contribution in [3.63, 3.8) is 0 Å². The summed E-state index contributed by atoms with van der Waals surface area (Å²) in [5, 5.41) is 0. The van der Waals surface area contributed by atoms with Crippen LogP contribution < -0.4 is 5.69 Å². The molecule has 0 radical (unpaired) electrons. The van der Waals surface area contributed by atoms with Crippen LogP contribution in [0.5, 0.6) is 0 Å². The zero-order valence-corrected chi connectivity index (χ0v) is 7.83. The molecule has 1 fully saturated rings. The first-order valence-electron chi connectivity index (χ1n) is 5.10. The smallest absolute Gasteiger partial charge is 0.313 e. The molecule has 0 spiro atoms. The van der Waals surface area contributed by atoms with Gasteiger partial charge in [0.1, 0.15) is 0 Å². The first-order chi connectivity index (χ1) is 6.36. The first-order valence-corrected chi connectivity index (χ1v) is 5.10. The summed E-state index contributed by atoms with van der Waals surface area (Å²) in [6.07, 6.45) is 10.2. The lowest BCUT2D eigenvalue weighted by Crippen LogP contribution is -2.17. The number of aromatic nitrogens is 2. The van der Waals surface area contributed by atoms with Gasteiger partial charge in [-0.05, 0) is 12.3 Å². The highest BCUT2D eigenvalue weighted by atomic mass is 16.1. The van der Waals surface area contributed by atoms with E-state index < -0.39 is 0 Å². The highest BCUT2D eigenvalue weighted by Crippen LogP contribution is 2.27. The van der Waals surface area contributed by atoms with Gasteiger partial charge < -0.3 is 4.98 Å². The van der Waals surface area contributed by atoms with Crippen LogP contribution in [0.3, 0.4) is 0 Å². The van der Waals surface area contributed by atoms with Gasteiger partial charge in [0.05, 0.1) is 0 Å². The number of nitrogens with zero attached hydrogens (tertiary/aromatic N) is 1. The van der Waals surface area contributed by atoms with E-state index in [-0.39, 0.29) is 5.69 Å². The minimum Gasteiger partial charge on any atom is -0.313 e. The van der Waals surface area contributed by atoms with Crippen LogP contribution in [0.1, 0.15) is 32.1 Å². The minimum atomic E-state index is 0.0259. The summed E-state index contributed by atoms with van der Waals surface area (Å²) in [4.78, 5) is 13.8. The molecule has 1 heterocycles. The standard InChI is InChI=1S/C10H16N2O/c13-10-11-6-8-12(10)7-5-9-3-1-2-4-9/h6,8-9H,1-5,7H2,(H,11,13). The summed E-state index contributed by atoms with van der Waals surface area (Å²) in [7, 11) is 0. The summed E-state index contributed by atoms with van der Waals surface area (Å²) >= 11 is 0. The second-order valence-corrected chi connectivity index (χ2v) is 3.90. The topological polar surface area (TPSA) is 37.8 Å². The van der Waals surface area contributed by atoms with E-state index >= 15 is 0 Å². The molecule has 0 atom stereocenters. The molecule has 1 aliphatic carbocycles. The van der Waals surface area contributed by atoms with Gasteiger partial charge in [0.25, 0.3) is 0 Å². The zero-order valence-electron chi connectivity index (χ0n) is 7.83. The Labute approximate surface area is 77.8 Å². The molecule has 0 aliphatic heterocycles. The van der Waals surface area contributed by atoms with Gasteiger partial charge in [0.2, 0.25) is 0 Å². The molecule has 0 unspecified atom stereocenters. The van der Waals surface area contributed by atoms with Gasteiger partial charge in [0, 0.05) is 18.9 Å². The first kappa shape index (κ1) is 8.60. The van der Waals surface area contributed by atoms with Crippen molar-refractivity contribution in [2.45, 2.75) is 38.6 Å². The molecule has 1 aromatic rings. The predicted octanol–water partition coefficient (Wildman–Crippen LogP) is 1.76. The van der Waals surface area contributed by atoms with Crippen LogP contribution in [0.4, 0.5) is 0 Å². The summed E-state index contributed by atoms with van der Waals surface area (Å²) in [6, 6.07) is 0. The Bertz CT molecular complexity index is 307. The van der Waals surface area contributed by atoms with E-state index in [2.05, 4.69) is 4.98 Å². The molecule has 3 nitrogen and oxygen atoms in total. The second kappa shape index (κ2) is 3.81. The van der Waals surface area contributed by atoms with Gasteiger partial charge in [-0.15, -0.1) is 0 Å². The number of aryl methyl sites for hydroxylation is 1. The molecule has 0 bridgehead atoms. The third kappa shape index (κ3) is 2.02. The Hall–Kier alpha value is -0.990. The SMILES string of the molecule is O=c1[nH]ccn1CCC1CCCC1. The third-order valence-corrected chi connectivity index (χ3v) is 2.98. The number of hydrogen-bond donors (Lipinski definition) is 1. The molecule has 1 aromatic heterocycles. The van der Waals surface area contributed by atoms with Crippen LogP contribution in [0.25, 0.3) is 0 Å². The van der Waals surface area contributed by atoms with E-state index in [9.17, 15) is 4.79 Å². The maximum Gasteiger partial charge on any atom is 0.325 e. The number of aromatic amines is 1. The van der Waals surface area contributed by atoms with Gasteiger partial charge in [-0.25, -0.2) is 4.79 Å². The Morgan fingerprint density at radius 2 is 2.23 bits per heavy atom. The molecular weight excluding hydrogens is 164 g/mol. The van der Waals surface area contributed by atoms with Gasteiger partial charge in [-0.3, -0.25) is 4.57 Å². The molecule has 1 N–H and O–H groups in total. The summed E-state index contributed by atoms with van der Waals surface area (Å²) in [5.41, 5.74) is 0.0259. The Morgan fingerprint density at radius 3 is 2.85 bits per heavy atom. The maximum atomic E-state index is 11.1. The van der Waals surface area contributed by atoms with Gasteiger partial charge >= 0.3 is 5.69 Å². The van der Waals surface area contributed by atoms with E-state index in [0.717, 1.165) is 18.9 Å². The molecule has 1 saturated carbocycles. The van der Waals surface area contributed by atoms with Crippen molar-refractivity contribution in [3.8, 4) is 0 Å². The van der Waals surface area contributed by atoms with Crippen LogP contribution in [-0.2, 0) is 6.54 Å². The Balaban J connectivity index is 1.85. The normalized spacial score (nSPS) is 18.2. The van der Waals surface area contributed by atoms with Crippen LogP contribution in [-0.4, -0.2) is 9.55 Å². The molecule has 0 amide bonds. The van der Waals surface area contributed by atoms with Crippen LogP contribution in [0.2, 0.25) is 0 Å². The Morgan fingerprint density at radius 1 is 1.46 bits per heavy atom. The van der Waals surface area contributed by atoms with Gasteiger partial charge in [0.15, 0.2) is 0 Å². The predicted molar refractivity (Wildman–Crippen MR) is 51.6 cm³/mol. The van der Waals surface area contributed by atoms with Crippen molar-refractivity contribution >= 4 is 0 Å². The van der Waals surface area contributed by atoms with Crippen LogP contribution in [0, 0.1) is 5.92 Å². The average molecular weight is 180 g/mol. The van der Waals surface area contributed by atoms with Crippen molar-refractivity contribution in [1.82, 2.24) is 9.55 Å². The lowest BCUT2D eigenvalue weighted by atomic mass is 10.0. The van der Waals surface area contributed by atoms with Crippen LogP contribution in [0.15, 0.2) is 17.2 Å². The second-order valence-electron chi connectivity index (χ2n) is 3.90. The fourth-order valence-corrected chi connectivity index (χ4v) is 2.15. The van der Waals surface area contributed by atoms with Crippen molar-refractivity contribution < 1.29 is 0 Å². The number of nitrogens with one attached hydrogen (secondary N) is 1. The number of rotatable bonds is 3. The van der Waals surface area contributed by atoms with Gasteiger partial charge in [-0.1, -0.05) is 25.7 Å². The highest BCUT2D eigenvalue weighted by Gasteiger charge is 2.14. The lowest BCUT2D eigenvalue weighted by Gasteiger charge is -2.07. The zero-order chi connectivity index (χ0) is 9.10. The third-order valence-electron chi connectivity index (χ3n) is 2.98. The fourth-order valence-electron chi connectivity index (χ4n) is 2.15. The molecule has 2 rings (SSSR count). The fraction of sp³-hybridized carbons (Fsp3) is 0.700. The lowest BCUT2D eigenvalue weighted by molar-refractivity contribution is 0.453. The van der Waals surface area contributed by atoms with E-state index in [0.29, 0.717) is 0 Å². The number of hydrogen-bond acceptors (Lipinski definition) is 1. The molecule has 0 saturated heterocycles. The minimum absolute atomic E-state index is 0.0259. The summed E-state index contributed by atoms with van der Waals surface area (Å²) in [6.45, 7) is 0.882. The average Bonchev–Trinajstić information content (AvgIpc) is 2.72. The van der Waals surface area contributed by atoms with E-state index in [1.807, 2.05) is 6.20 Å². The molecule has 3 heteroatoms. The largest absolute Gasteiger partial charge is 0.325 e. The van der Waals surface area contributed by atoms with Crippen LogP contribution >= 0.6 is 0 Å².